The van der Waals surface area contributed by atoms with Crippen LogP contribution in [0, 0.1) is 0 Å². The summed E-state index contributed by atoms with van der Waals surface area (Å²) in [6.45, 7) is 2.56. The highest BCUT2D eigenvalue weighted by atomic mass is 16.5. The maximum Gasteiger partial charge on any atom is 0.109 e. The van der Waals surface area contributed by atoms with Gasteiger partial charge in [-0.1, -0.05) is 55.4 Å². The molecule has 2 saturated carbocycles. The van der Waals surface area contributed by atoms with E-state index < -0.39 is 60.8 Å². The summed E-state index contributed by atoms with van der Waals surface area (Å²) in [6.07, 6.45) is 13.1. The van der Waals surface area contributed by atoms with Crippen LogP contribution in [0.25, 0.3) is 0 Å². The number of aliphatic hydroxyl groups excluding tert-OH is 4. The van der Waals surface area contributed by atoms with Crippen molar-refractivity contribution in [3.8, 4) is 0 Å². The minimum atomic E-state index is -1.07. The van der Waals surface area contributed by atoms with Gasteiger partial charge in [0, 0.05) is 62.9 Å². The number of unbranched alkanes of at least 4 members (excludes halogenated alkanes) is 8. The molecule has 0 radical (unpaired) electrons. The van der Waals surface area contributed by atoms with Crippen molar-refractivity contribution < 1.29 is 29.9 Å². The predicted molar refractivity (Wildman–Crippen MR) is 183 cm³/mol. The first-order valence-corrected chi connectivity index (χ1v) is 18.4. The van der Waals surface area contributed by atoms with E-state index >= 15 is 0 Å². The van der Waals surface area contributed by atoms with Gasteiger partial charge in [0.1, 0.15) is 24.4 Å². The number of aromatic nitrogens is 6. The molecule has 2 heterocycles. The van der Waals surface area contributed by atoms with Gasteiger partial charge in [-0.05, 0) is 51.4 Å². The Morgan fingerprint density at radius 3 is 1.29 bits per heavy atom. The summed E-state index contributed by atoms with van der Waals surface area (Å²) in [5, 5.41) is 57.4. The number of hydrogen-bond donors (Lipinski definition) is 8. The number of nitrogens with zero attached hydrogens (tertiary/aromatic N) is 6. The molecule has 0 aromatic carbocycles. The van der Waals surface area contributed by atoms with E-state index in [1.807, 2.05) is 21.8 Å². The number of aryl methyl sites for hydroxylation is 4. The Morgan fingerprint density at radius 1 is 0.531 bits per heavy atom. The lowest BCUT2D eigenvalue weighted by molar-refractivity contribution is -0.127. The van der Waals surface area contributed by atoms with Crippen molar-refractivity contribution in [3.63, 3.8) is 0 Å². The van der Waals surface area contributed by atoms with Crippen LogP contribution >= 0.6 is 0 Å². The molecule has 2 fully saturated rings. The molecule has 0 amide bonds. The van der Waals surface area contributed by atoms with E-state index in [2.05, 4.69) is 20.6 Å². The molecule has 2 aliphatic rings. The predicted octanol–water partition coefficient (Wildman–Crippen LogP) is -0.723. The molecular weight excluding hydrogens is 632 g/mol. The molecule has 0 spiro atoms. The normalized spacial score (nSPS) is 30.6. The van der Waals surface area contributed by atoms with E-state index in [1.54, 1.807) is 0 Å². The van der Waals surface area contributed by atoms with Crippen molar-refractivity contribution in [3.05, 3.63) is 23.8 Å². The van der Waals surface area contributed by atoms with E-state index in [1.165, 1.54) is 44.9 Å². The Morgan fingerprint density at radius 2 is 0.898 bits per heavy atom. The summed E-state index contributed by atoms with van der Waals surface area (Å²) >= 11 is 0. The van der Waals surface area contributed by atoms with Gasteiger partial charge in [-0.3, -0.25) is 9.36 Å². The second kappa shape index (κ2) is 20.7. The second-order valence-corrected chi connectivity index (χ2v) is 14.1. The maximum atomic E-state index is 10.2. The molecule has 12 N–H and O–H groups in total. The SMILES string of the molecule is N[C@@H]1C[C@H](N)[C@@H](OCCCc2cn(CCCCCCCCCCCn3cc(CCCO[C@H]4[C@H](O)[C@@H](O)[C@H](N)C[C@@H]4N)nn3)nn2)[C@H](O)[C@H]1O. The molecule has 280 valence electrons. The summed E-state index contributed by atoms with van der Waals surface area (Å²) in [6, 6.07) is -1.84. The largest absolute Gasteiger partial charge is 0.389 e. The topological polar surface area (TPSA) is 265 Å². The number of rotatable bonds is 22. The molecular formula is C33H62N10O6. The summed E-state index contributed by atoms with van der Waals surface area (Å²) < 4.78 is 15.4. The molecule has 2 aromatic heterocycles. The third kappa shape index (κ3) is 12.6. The number of ether oxygens (including phenoxy) is 2. The molecule has 2 aliphatic carbocycles. The third-order valence-corrected chi connectivity index (χ3v) is 9.90. The van der Waals surface area contributed by atoms with Gasteiger partial charge in [0.05, 0.1) is 23.6 Å². The van der Waals surface area contributed by atoms with Crippen molar-refractivity contribution >= 4 is 0 Å². The standard InChI is InChI=1S/C33H62N10O6/c34-24-18-26(36)32(30(46)28(24)44)48-16-10-12-22-20-42(40-38-22)14-8-6-4-2-1-3-5-7-9-15-43-21-23(39-41-43)13-11-17-49-33-27(37)19-25(35)29(45)31(33)47/h20-21,24-33,44-47H,1-19,34-37H2/t24-,25-,26+,27+,28+,29+,30-,31-,32-,33-/m1/s1. The first-order valence-electron chi connectivity index (χ1n) is 18.4. The first-order chi connectivity index (χ1) is 23.6. The molecule has 0 bridgehead atoms. The molecule has 0 saturated heterocycles. The van der Waals surface area contributed by atoms with E-state index in [9.17, 15) is 20.4 Å². The molecule has 0 unspecified atom stereocenters. The Kier molecular flexibility index (Phi) is 16.7. The van der Waals surface area contributed by atoms with Crippen LogP contribution in [0.5, 0.6) is 0 Å². The number of nitrogens with two attached hydrogens (primary N) is 4. The molecule has 16 nitrogen and oxygen atoms in total. The molecule has 49 heavy (non-hydrogen) atoms. The number of aliphatic hydroxyl groups is 4. The van der Waals surface area contributed by atoms with Crippen molar-refractivity contribution in [1.29, 1.82) is 0 Å². The van der Waals surface area contributed by atoms with Crippen LogP contribution < -0.4 is 22.9 Å². The Hall–Kier alpha value is -2.12. The van der Waals surface area contributed by atoms with Crippen LogP contribution in [-0.2, 0) is 35.4 Å². The lowest BCUT2D eigenvalue weighted by Crippen LogP contribution is -2.62. The van der Waals surface area contributed by atoms with Crippen molar-refractivity contribution in [2.75, 3.05) is 13.2 Å². The molecule has 0 aliphatic heterocycles. The van der Waals surface area contributed by atoms with Crippen molar-refractivity contribution in [2.45, 2.75) is 170 Å². The van der Waals surface area contributed by atoms with Gasteiger partial charge in [-0.25, -0.2) is 0 Å². The molecule has 4 rings (SSSR count). The lowest BCUT2D eigenvalue weighted by Gasteiger charge is -2.39. The molecule has 10 atom stereocenters. The van der Waals surface area contributed by atoms with Gasteiger partial charge in [0.2, 0.25) is 0 Å². The van der Waals surface area contributed by atoms with Crippen LogP contribution in [0.15, 0.2) is 12.4 Å². The minimum Gasteiger partial charge on any atom is -0.389 e. The van der Waals surface area contributed by atoms with Gasteiger partial charge in [0.25, 0.3) is 0 Å². The van der Waals surface area contributed by atoms with E-state index in [0.717, 1.165) is 63.0 Å². The zero-order chi connectivity index (χ0) is 35.2. The van der Waals surface area contributed by atoms with Crippen molar-refractivity contribution in [2.24, 2.45) is 22.9 Å². The fourth-order valence-corrected chi connectivity index (χ4v) is 6.88. The number of hydrogen-bond acceptors (Lipinski definition) is 14. The third-order valence-electron chi connectivity index (χ3n) is 9.90. The summed E-state index contributed by atoms with van der Waals surface area (Å²) in [5.74, 6) is 0. The van der Waals surface area contributed by atoms with Crippen LogP contribution in [0.1, 0.15) is 94.9 Å². The molecule has 16 heteroatoms. The monoisotopic (exact) mass is 694 g/mol. The quantitative estimate of drug-likeness (QED) is 0.0707. The highest BCUT2D eigenvalue weighted by molar-refractivity contribution is 4.99. The van der Waals surface area contributed by atoms with Gasteiger partial charge >= 0.3 is 0 Å². The highest BCUT2D eigenvalue weighted by Gasteiger charge is 2.42. The van der Waals surface area contributed by atoms with Gasteiger partial charge in [-0.15, -0.1) is 10.2 Å². The maximum absolute atomic E-state index is 10.2. The zero-order valence-corrected chi connectivity index (χ0v) is 29.0. The van der Waals surface area contributed by atoms with Gasteiger partial charge < -0.3 is 52.8 Å². The smallest absolute Gasteiger partial charge is 0.109 e. The Balaban J connectivity index is 0.936. The van der Waals surface area contributed by atoms with E-state index in [-0.39, 0.29) is 0 Å². The zero-order valence-electron chi connectivity index (χ0n) is 29.0. The van der Waals surface area contributed by atoms with Crippen LogP contribution in [-0.4, -0.2) is 124 Å². The highest BCUT2D eigenvalue weighted by Crippen LogP contribution is 2.22. The van der Waals surface area contributed by atoms with Gasteiger partial charge in [-0.2, -0.15) is 0 Å². The van der Waals surface area contributed by atoms with Crippen LogP contribution in [0.2, 0.25) is 0 Å². The Labute approximate surface area is 289 Å². The van der Waals surface area contributed by atoms with E-state index in [4.69, 9.17) is 32.4 Å². The second-order valence-electron chi connectivity index (χ2n) is 14.1. The average molecular weight is 695 g/mol. The fourth-order valence-electron chi connectivity index (χ4n) is 6.88. The minimum absolute atomic E-state index is 0.394. The first kappa shape index (κ1) is 39.7. The van der Waals surface area contributed by atoms with Crippen molar-refractivity contribution in [1.82, 2.24) is 30.0 Å². The fraction of sp³-hybridized carbons (Fsp3) is 0.879. The average Bonchev–Trinajstić information content (AvgIpc) is 3.73. The van der Waals surface area contributed by atoms with Gasteiger partial charge in [0.15, 0.2) is 0 Å². The van der Waals surface area contributed by atoms with Crippen LogP contribution in [0.4, 0.5) is 0 Å². The van der Waals surface area contributed by atoms with Crippen LogP contribution in [0.3, 0.4) is 0 Å². The summed E-state index contributed by atoms with van der Waals surface area (Å²) in [7, 11) is 0. The summed E-state index contributed by atoms with van der Waals surface area (Å²) in [5.41, 5.74) is 25.6. The lowest BCUT2D eigenvalue weighted by atomic mass is 9.85. The van der Waals surface area contributed by atoms with E-state index in [0.29, 0.717) is 26.1 Å². The summed E-state index contributed by atoms with van der Waals surface area (Å²) in [4.78, 5) is 0. The molecule has 2 aromatic rings. The Bertz CT molecular complexity index is 1100.